The maximum absolute atomic E-state index is 11.5. The van der Waals surface area contributed by atoms with Gasteiger partial charge in [0.1, 0.15) is 0 Å². The molecule has 4 nitrogen and oxygen atoms in total. The fourth-order valence-electron chi connectivity index (χ4n) is 2.23. The molecule has 0 amide bonds. The minimum atomic E-state index is -3.69. The summed E-state index contributed by atoms with van der Waals surface area (Å²) in [6.07, 6.45) is 0.892. The second-order valence-corrected chi connectivity index (χ2v) is 6.60. The molecule has 0 aliphatic rings. The van der Waals surface area contributed by atoms with Crippen LogP contribution in [0.25, 0.3) is 0 Å². The van der Waals surface area contributed by atoms with E-state index >= 15 is 0 Å². The third-order valence-electron chi connectivity index (χ3n) is 3.48. The third kappa shape index (κ3) is 3.83. The lowest BCUT2D eigenvalue weighted by atomic mass is 10.0. The van der Waals surface area contributed by atoms with Crippen molar-refractivity contribution < 1.29 is 8.42 Å². The molecule has 0 spiro atoms. The van der Waals surface area contributed by atoms with Crippen molar-refractivity contribution in [2.24, 2.45) is 5.14 Å². The van der Waals surface area contributed by atoms with E-state index < -0.39 is 10.0 Å². The maximum atomic E-state index is 11.5. The van der Waals surface area contributed by atoms with E-state index in [2.05, 4.69) is 24.4 Å². The molecule has 2 aromatic carbocycles. The second-order valence-electron chi connectivity index (χ2n) is 5.04. The minimum absolute atomic E-state index is 0.124. The summed E-state index contributed by atoms with van der Waals surface area (Å²) < 4.78 is 22.9. The van der Waals surface area contributed by atoms with Crippen LogP contribution < -0.4 is 10.5 Å². The molecule has 0 heterocycles. The molecule has 21 heavy (non-hydrogen) atoms. The number of nitrogens with one attached hydrogen (secondary N) is 1. The number of hydrogen-bond donors (Lipinski definition) is 2. The van der Waals surface area contributed by atoms with Crippen LogP contribution >= 0.6 is 0 Å². The Labute approximate surface area is 126 Å². The van der Waals surface area contributed by atoms with Gasteiger partial charge in [0.15, 0.2) is 0 Å². The molecule has 1 atom stereocenters. The summed E-state index contributed by atoms with van der Waals surface area (Å²) in [6, 6.07) is 15.1. The number of aryl methyl sites for hydroxylation is 1. The van der Waals surface area contributed by atoms with Crippen LogP contribution in [0, 0.1) is 6.92 Å². The van der Waals surface area contributed by atoms with Crippen molar-refractivity contribution >= 4 is 15.7 Å². The first-order valence-corrected chi connectivity index (χ1v) is 8.41. The van der Waals surface area contributed by atoms with E-state index in [1.807, 2.05) is 25.1 Å². The molecular formula is C16H20N2O2S. The standard InChI is InChI=1S/C16H20N2O2S/c1-3-15(13-7-5-4-6-8-13)18-16-11-14(21(17,19)20)10-9-12(16)2/h4-11,15,18H,3H2,1-2H3,(H2,17,19,20). The lowest BCUT2D eigenvalue weighted by Gasteiger charge is -2.20. The first-order chi connectivity index (χ1) is 9.91. The molecule has 1 unspecified atom stereocenters. The highest BCUT2D eigenvalue weighted by Crippen LogP contribution is 2.26. The maximum Gasteiger partial charge on any atom is 0.238 e. The van der Waals surface area contributed by atoms with Crippen molar-refractivity contribution in [3.63, 3.8) is 0 Å². The third-order valence-corrected chi connectivity index (χ3v) is 4.39. The summed E-state index contributed by atoms with van der Waals surface area (Å²) in [5, 5.41) is 8.60. The smallest absolute Gasteiger partial charge is 0.238 e. The van der Waals surface area contributed by atoms with E-state index in [9.17, 15) is 8.42 Å². The minimum Gasteiger partial charge on any atom is -0.378 e. The summed E-state index contributed by atoms with van der Waals surface area (Å²) in [7, 11) is -3.69. The van der Waals surface area contributed by atoms with Gasteiger partial charge >= 0.3 is 0 Å². The van der Waals surface area contributed by atoms with E-state index in [1.165, 1.54) is 11.6 Å². The molecular weight excluding hydrogens is 284 g/mol. The largest absolute Gasteiger partial charge is 0.378 e. The Morgan fingerprint density at radius 3 is 2.38 bits per heavy atom. The zero-order valence-electron chi connectivity index (χ0n) is 12.2. The van der Waals surface area contributed by atoms with E-state index in [0.717, 1.165) is 17.7 Å². The highest BCUT2D eigenvalue weighted by Gasteiger charge is 2.13. The van der Waals surface area contributed by atoms with E-state index in [4.69, 9.17) is 5.14 Å². The van der Waals surface area contributed by atoms with Gasteiger partial charge in [-0.3, -0.25) is 0 Å². The SMILES string of the molecule is CCC(Nc1cc(S(N)(=O)=O)ccc1C)c1ccccc1. The van der Waals surface area contributed by atoms with Crippen molar-refractivity contribution in [3.8, 4) is 0 Å². The fourth-order valence-corrected chi connectivity index (χ4v) is 2.77. The Kier molecular flexibility index (Phi) is 4.65. The number of nitrogens with two attached hydrogens (primary N) is 1. The van der Waals surface area contributed by atoms with Crippen LogP contribution in [0.4, 0.5) is 5.69 Å². The molecule has 0 radical (unpaired) electrons. The first-order valence-electron chi connectivity index (χ1n) is 6.86. The van der Waals surface area contributed by atoms with E-state index in [-0.39, 0.29) is 10.9 Å². The average Bonchev–Trinajstić information content (AvgIpc) is 2.46. The zero-order chi connectivity index (χ0) is 15.5. The summed E-state index contributed by atoms with van der Waals surface area (Å²) in [5.41, 5.74) is 2.94. The second kappa shape index (κ2) is 6.28. The number of primary sulfonamides is 1. The molecule has 2 rings (SSSR count). The molecule has 0 saturated heterocycles. The van der Waals surface area contributed by atoms with Crippen molar-refractivity contribution in [1.82, 2.24) is 0 Å². The lowest BCUT2D eigenvalue weighted by Crippen LogP contribution is -2.14. The lowest BCUT2D eigenvalue weighted by molar-refractivity contribution is 0.598. The molecule has 0 aliphatic carbocycles. The number of benzene rings is 2. The first kappa shape index (κ1) is 15.5. The predicted octanol–water partition coefficient (Wildman–Crippen LogP) is 3.21. The highest BCUT2D eigenvalue weighted by molar-refractivity contribution is 7.89. The van der Waals surface area contributed by atoms with Crippen molar-refractivity contribution in [2.45, 2.75) is 31.2 Å². The quantitative estimate of drug-likeness (QED) is 0.891. The predicted molar refractivity (Wildman–Crippen MR) is 85.6 cm³/mol. The molecule has 2 aromatic rings. The van der Waals surface area contributed by atoms with Crippen LogP contribution in [0.5, 0.6) is 0 Å². The Bertz CT molecular complexity index is 712. The van der Waals surface area contributed by atoms with Crippen LogP contribution in [-0.4, -0.2) is 8.42 Å². The van der Waals surface area contributed by atoms with Crippen LogP contribution in [0.1, 0.15) is 30.5 Å². The van der Waals surface area contributed by atoms with Gasteiger partial charge in [-0.1, -0.05) is 43.3 Å². The van der Waals surface area contributed by atoms with Gasteiger partial charge in [0.2, 0.25) is 10.0 Å². The van der Waals surface area contributed by atoms with E-state index in [0.29, 0.717) is 0 Å². The molecule has 0 fully saturated rings. The molecule has 0 bridgehead atoms. The zero-order valence-corrected chi connectivity index (χ0v) is 13.0. The highest BCUT2D eigenvalue weighted by atomic mass is 32.2. The Morgan fingerprint density at radius 2 is 1.81 bits per heavy atom. The molecule has 3 N–H and O–H groups in total. The summed E-state index contributed by atoms with van der Waals surface area (Å²) >= 11 is 0. The normalized spacial score (nSPS) is 12.9. The van der Waals surface area contributed by atoms with E-state index in [1.54, 1.807) is 12.1 Å². The van der Waals surface area contributed by atoms with Gasteiger partial charge < -0.3 is 5.32 Å². The molecule has 0 aromatic heterocycles. The summed E-state index contributed by atoms with van der Waals surface area (Å²) in [6.45, 7) is 4.02. The van der Waals surface area contributed by atoms with Gasteiger partial charge in [-0.25, -0.2) is 13.6 Å². The molecule has 0 saturated carbocycles. The number of rotatable bonds is 5. The van der Waals surface area contributed by atoms with Gasteiger partial charge in [0.25, 0.3) is 0 Å². The molecule has 5 heteroatoms. The summed E-state index contributed by atoms with van der Waals surface area (Å²) in [4.78, 5) is 0.124. The van der Waals surface area contributed by atoms with Gasteiger partial charge in [-0.05, 0) is 36.6 Å². The van der Waals surface area contributed by atoms with Gasteiger partial charge in [0.05, 0.1) is 10.9 Å². The average molecular weight is 304 g/mol. The van der Waals surface area contributed by atoms with Crippen LogP contribution in [0.15, 0.2) is 53.4 Å². The Balaban J connectivity index is 2.34. The topological polar surface area (TPSA) is 72.2 Å². The monoisotopic (exact) mass is 304 g/mol. The van der Waals surface area contributed by atoms with Gasteiger partial charge in [-0.15, -0.1) is 0 Å². The number of hydrogen-bond acceptors (Lipinski definition) is 3. The Morgan fingerprint density at radius 1 is 1.14 bits per heavy atom. The molecule has 0 aliphatic heterocycles. The van der Waals surface area contributed by atoms with Crippen LogP contribution in [-0.2, 0) is 10.0 Å². The van der Waals surface area contributed by atoms with Crippen molar-refractivity contribution in [3.05, 3.63) is 59.7 Å². The van der Waals surface area contributed by atoms with Gasteiger partial charge in [0, 0.05) is 5.69 Å². The van der Waals surface area contributed by atoms with Crippen LogP contribution in [0.3, 0.4) is 0 Å². The van der Waals surface area contributed by atoms with Crippen molar-refractivity contribution in [2.75, 3.05) is 5.32 Å². The van der Waals surface area contributed by atoms with Crippen molar-refractivity contribution in [1.29, 1.82) is 0 Å². The fraction of sp³-hybridized carbons (Fsp3) is 0.250. The molecule has 112 valence electrons. The number of anilines is 1. The number of sulfonamides is 1. The Hall–Kier alpha value is -1.85. The van der Waals surface area contributed by atoms with Gasteiger partial charge in [-0.2, -0.15) is 0 Å². The van der Waals surface area contributed by atoms with Crippen LogP contribution in [0.2, 0.25) is 0 Å². The summed E-state index contributed by atoms with van der Waals surface area (Å²) in [5.74, 6) is 0.